The molecule has 0 saturated carbocycles. The van der Waals surface area contributed by atoms with Gasteiger partial charge in [0.15, 0.2) is 11.5 Å². The molecule has 2 aromatic carbocycles. The van der Waals surface area contributed by atoms with Crippen LogP contribution in [0, 0.1) is 0 Å². The molecule has 1 amide bonds. The van der Waals surface area contributed by atoms with Crippen LogP contribution in [0.25, 0.3) is 5.76 Å². The van der Waals surface area contributed by atoms with Crippen LogP contribution in [-0.2, 0) is 16.0 Å². The number of hydrogen-bond donors (Lipinski definition) is 1. The van der Waals surface area contributed by atoms with E-state index in [1.807, 2.05) is 63.2 Å². The number of rotatable bonds is 12. The Morgan fingerprint density at radius 2 is 1.87 bits per heavy atom. The van der Waals surface area contributed by atoms with Gasteiger partial charge in [0.2, 0.25) is 0 Å². The number of ether oxygens (including phenoxy) is 3. The number of aliphatic hydroxyl groups is 1. The van der Waals surface area contributed by atoms with E-state index in [1.165, 1.54) is 0 Å². The number of ketones is 1. The van der Waals surface area contributed by atoms with Crippen LogP contribution < -0.4 is 14.2 Å². The first-order valence-corrected chi connectivity index (χ1v) is 13.9. The molecule has 0 aromatic heterocycles. The minimum Gasteiger partial charge on any atom is -0.507 e. The second kappa shape index (κ2) is 12.6. The van der Waals surface area contributed by atoms with Crippen LogP contribution in [0.5, 0.6) is 17.2 Å². The molecule has 2 aliphatic heterocycles. The first-order chi connectivity index (χ1) is 18.7. The number of unbranched alkanes of at least 4 members (excludes halogenated alkanes) is 2. The van der Waals surface area contributed by atoms with E-state index in [0.29, 0.717) is 55.4 Å². The van der Waals surface area contributed by atoms with Gasteiger partial charge in [0, 0.05) is 25.1 Å². The Hall–Kier alpha value is -3.52. The molecule has 0 unspecified atom stereocenters. The van der Waals surface area contributed by atoms with Gasteiger partial charge in [-0.25, -0.2) is 0 Å². The van der Waals surface area contributed by atoms with E-state index in [4.69, 9.17) is 14.2 Å². The van der Waals surface area contributed by atoms with Crippen molar-refractivity contribution in [1.29, 1.82) is 0 Å². The number of nitrogens with zero attached hydrogens (tertiary/aromatic N) is 2. The van der Waals surface area contributed by atoms with E-state index in [9.17, 15) is 14.7 Å². The summed E-state index contributed by atoms with van der Waals surface area (Å²) in [5.74, 6) is 0.436. The van der Waals surface area contributed by atoms with Gasteiger partial charge >= 0.3 is 0 Å². The van der Waals surface area contributed by atoms with Crippen LogP contribution in [-0.4, -0.2) is 73.1 Å². The Morgan fingerprint density at radius 1 is 1.08 bits per heavy atom. The number of hydrogen-bond acceptors (Lipinski definition) is 7. The Morgan fingerprint density at radius 3 is 2.59 bits per heavy atom. The lowest BCUT2D eigenvalue weighted by atomic mass is 9.94. The average molecular weight is 537 g/mol. The van der Waals surface area contributed by atoms with Crippen molar-refractivity contribution in [2.24, 2.45) is 0 Å². The van der Waals surface area contributed by atoms with Gasteiger partial charge in [0.05, 0.1) is 24.8 Å². The van der Waals surface area contributed by atoms with Crippen molar-refractivity contribution in [2.45, 2.75) is 58.6 Å². The second-order valence-corrected chi connectivity index (χ2v) is 10.4. The number of likely N-dealkylation sites (N-methyl/N-ethyl adjacent to an activating group) is 1. The summed E-state index contributed by atoms with van der Waals surface area (Å²) in [5.41, 5.74) is 2.21. The van der Waals surface area contributed by atoms with E-state index >= 15 is 0 Å². The van der Waals surface area contributed by atoms with Crippen LogP contribution in [0.1, 0.15) is 62.8 Å². The second-order valence-electron chi connectivity index (χ2n) is 10.4. The third kappa shape index (κ3) is 6.22. The Bertz CT molecular complexity index is 1240. The van der Waals surface area contributed by atoms with Gasteiger partial charge in [-0.3, -0.25) is 9.59 Å². The lowest BCUT2D eigenvalue weighted by molar-refractivity contribution is -0.140. The van der Waals surface area contributed by atoms with Crippen LogP contribution in [0.4, 0.5) is 0 Å². The zero-order valence-corrected chi connectivity index (χ0v) is 23.7. The lowest BCUT2D eigenvalue weighted by Gasteiger charge is -2.27. The van der Waals surface area contributed by atoms with Gasteiger partial charge in [-0.2, -0.15) is 0 Å². The number of benzene rings is 2. The summed E-state index contributed by atoms with van der Waals surface area (Å²) in [6.45, 7) is 7.94. The van der Waals surface area contributed by atoms with Crippen molar-refractivity contribution in [3.8, 4) is 17.2 Å². The largest absolute Gasteiger partial charge is 0.507 e. The summed E-state index contributed by atoms with van der Waals surface area (Å²) in [6.07, 6.45) is 3.89. The van der Waals surface area contributed by atoms with Crippen LogP contribution >= 0.6 is 0 Å². The third-order valence-corrected chi connectivity index (χ3v) is 7.09. The highest BCUT2D eigenvalue weighted by molar-refractivity contribution is 6.46. The summed E-state index contributed by atoms with van der Waals surface area (Å²) in [5, 5.41) is 11.5. The Balaban J connectivity index is 1.77. The van der Waals surface area contributed by atoms with Crippen molar-refractivity contribution in [2.75, 3.05) is 40.4 Å². The number of aliphatic hydroxyl groups excluding tert-OH is 1. The van der Waals surface area contributed by atoms with Crippen molar-refractivity contribution in [3.63, 3.8) is 0 Å². The molecular weight excluding hydrogens is 496 g/mol. The maximum atomic E-state index is 13.4. The standard InChI is InChI=1S/C31H40N2O6/c1-6-8-9-16-38-25-13-10-21(19-26(25)37-7-2)28-27(30(35)31(36)33(28)15-14-32(4)5)29(34)22-11-12-24-23(18-22)17-20(3)39-24/h10-13,18-20,28,34H,6-9,14-17H2,1-5H3/b29-27+/t20-,28-/m0/s1. The van der Waals surface area contributed by atoms with Crippen molar-refractivity contribution >= 4 is 17.4 Å². The fourth-order valence-electron chi connectivity index (χ4n) is 5.11. The summed E-state index contributed by atoms with van der Waals surface area (Å²) in [7, 11) is 3.83. The molecule has 210 valence electrons. The van der Waals surface area contributed by atoms with E-state index < -0.39 is 17.7 Å². The number of carbonyl (C=O) groups excluding carboxylic acids is 2. The molecular formula is C31H40N2O6. The Kier molecular flexibility index (Phi) is 9.17. The van der Waals surface area contributed by atoms with Gasteiger partial charge in [-0.05, 0) is 75.8 Å². The molecule has 2 aliphatic rings. The molecule has 1 fully saturated rings. The summed E-state index contributed by atoms with van der Waals surface area (Å²) in [4.78, 5) is 30.2. The van der Waals surface area contributed by atoms with Gasteiger partial charge in [0.1, 0.15) is 17.6 Å². The van der Waals surface area contributed by atoms with E-state index in [-0.39, 0.29) is 17.4 Å². The molecule has 1 saturated heterocycles. The topological polar surface area (TPSA) is 88.5 Å². The number of likely N-dealkylation sites (tertiary alicyclic amines) is 1. The van der Waals surface area contributed by atoms with Gasteiger partial charge in [-0.15, -0.1) is 0 Å². The fraction of sp³-hybridized carbons (Fsp3) is 0.484. The van der Waals surface area contributed by atoms with E-state index in [2.05, 4.69) is 6.92 Å². The molecule has 0 spiro atoms. The maximum absolute atomic E-state index is 13.4. The van der Waals surface area contributed by atoms with Crippen LogP contribution in [0.2, 0.25) is 0 Å². The predicted molar refractivity (Wildman–Crippen MR) is 150 cm³/mol. The predicted octanol–water partition coefficient (Wildman–Crippen LogP) is 4.96. The summed E-state index contributed by atoms with van der Waals surface area (Å²) in [6, 6.07) is 10.1. The molecule has 8 nitrogen and oxygen atoms in total. The van der Waals surface area contributed by atoms with Crippen molar-refractivity contribution in [1.82, 2.24) is 9.80 Å². The highest BCUT2D eigenvalue weighted by atomic mass is 16.5. The van der Waals surface area contributed by atoms with Gasteiger partial charge < -0.3 is 29.1 Å². The summed E-state index contributed by atoms with van der Waals surface area (Å²) >= 11 is 0. The quantitative estimate of drug-likeness (QED) is 0.178. The molecule has 2 atom stereocenters. The van der Waals surface area contributed by atoms with Gasteiger partial charge in [-0.1, -0.05) is 25.8 Å². The molecule has 0 bridgehead atoms. The first-order valence-electron chi connectivity index (χ1n) is 13.9. The number of fused-ring (bicyclic) bond motifs is 1. The van der Waals surface area contributed by atoms with E-state index in [0.717, 1.165) is 30.6 Å². The highest BCUT2D eigenvalue weighted by Gasteiger charge is 2.46. The molecule has 0 radical (unpaired) electrons. The number of carbonyl (C=O) groups is 2. The third-order valence-electron chi connectivity index (χ3n) is 7.09. The molecule has 0 aliphatic carbocycles. The molecule has 2 aromatic rings. The zero-order valence-electron chi connectivity index (χ0n) is 23.7. The average Bonchev–Trinajstić information content (AvgIpc) is 3.40. The Labute approximate surface area is 231 Å². The highest BCUT2D eigenvalue weighted by Crippen LogP contribution is 2.42. The molecule has 2 heterocycles. The number of Topliss-reactive ketones (excluding diaryl/α,β-unsaturated/α-hetero) is 1. The normalized spacial score (nSPS) is 19.9. The SMILES string of the molecule is CCCCCOc1ccc([C@H]2/C(=C(\O)c3ccc4c(c3)C[C@H](C)O4)C(=O)C(=O)N2CCN(C)C)cc1OCC. The first kappa shape index (κ1) is 28.5. The molecule has 39 heavy (non-hydrogen) atoms. The number of amides is 1. The minimum atomic E-state index is -0.762. The smallest absolute Gasteiger partial charge is 0.295 e. The van der Waals surface area contributed by atoms with E-state index in [1.54, 1.807) is 11.0 Å². The monoisotopic (exact) mass is 536 g/mol. The maximum Gasteiger partial charge on any atom is 0.295 e. The van der Waals surface area contributed by atoms with Crippen molar-refractivity contribution in [3.05, 3.63) is 58.7 Å². The lowest BCUT2D eigenvalue weighted by Crippen LogP contribution is -2.35. The molecule has 8 heteroatoms. The minimum absolute atomic E-state index is 0.0497. The van der Waals surface area contributed by atoms with Crippen LogP contribution in [0.15, 0.2) is 42.0 Å². The fourth-order valence-corrected chi connectivity index (χ4v) is 5.11. The summed E-state index contributed by atoms with van der Waals surface area (Å²) < 4.78 is 17.7. The van der Waals surface area contributed by atoms with Crippen molar-refractivity contribution < 1.29 is 28.9 Å². The van der Waals surface area contributed by atoms with Gasteiger partial charge in [0.25, 0.3) is 11.7 Å². The molecule has 4 rings (SSSR count). The van der Waals surface area contributed by atoms with Crippen LogP contribution in [0.3, 0.4) is 0 Å². The molecule has 1 N–H and O–H groups in total. The zero-order chi connectivity index (χ0) is 28.1.